The monoisotopic (exact) mass is 326 g/mol. The van der Waals surface area contributed by atoms with Crippen molar-refractivity contribution in [2.24, 2.45) is 0 Å². The fourth-order valence-electron chi connectivity index (χ4n) is 3.61. The van der Waals surface area contributed by atoms with Gasteiger partial charge >= 0.3 is 0 Å². The maximum Gasteiger partial charge on any atom is 0.257 e. The van der Waals surface area contributed by atoms with Gasteiger partial charge in [0.15, 0.2) is 6.17 Å². The summed E-state index contributed by atoms with van der Waals surface area (Å²) in [5.74, 6) is -0.503. The molecule has 0 saturated carbocycles. The van der Waals surface area contributed by atoms with E-state index in [4.69, 9.17) is 0 Å². The number of aromatic nitrogens is 1. The second-order valence-corrected chi connectivity index (χ2v) is 6.34. The number of rotatable bonds is 4. The summed E-state index contributed by atoms with van der Waals surface area (Å²) in [6.45, 7) is 0.916. The number of fused-ring (bicyclic) bond motifs is 3. The Kier molecular flexibility index (Phi) is 3.73. The smallest absolute Gasteiger partial charge is 0.257 e. The number of para-hydroxylation sites is 2. The molecule has 0 aliphatic carbocycles. The minimum Gasteiger partial charge on any atom is -0.389 e. The van der Waals surface area contributed by atoms with Gasteiger partial charge in [-0.15, -0.1) is 0 Å². The lowest BCUT2D eigenvalue weighted by atomic mass is 10.2. The molecule has 4 rings (SSSR count). The van der Waals surface area contributed by atoms with Crippen LogP contribution in [-0.4, -0.2) is 45.8 Å². The van der Waals surface area contributed by atoms with E-state index in [1.807, 2.05) is 36.4 Å². The van der Waals surface area contributed by atoms with Crippen molar-refractivity contribution in [2.45, 2.75) is 25.2 Å². The van der Waals surface area contributed by atoms with E-state index >= 15 is 0 Å². The summed E-state index contributed by atoms with van der Waals surface area (Å²) in [5.41, 5.74) is 2.10. The molecule has 0 radical (unpaired) electrons. The summed E-state index contributed by atoms with van der Waals surface area (Å²) >= 11 is 0. The zero-order valence-electron chi connectivity index (χ0n) is 13.2. The van der Waals surface area contributed by atoms with Gasteiger partial charge in [0.05, 0.1) is 12.6 Å². The molecule has 5 heteroatoms. The van der Waals surface area contributed by atoms with Crippen LogP contribution in [0, 0.1) is 0 Å². The minimum atomic E-state index is -1.41. The molecule has 1 amide bonds. The van der Waals surface area contributed by atoms with E-state index in [0.29, 0.717) is 13.1 Å². The average molecular weight is 326 g/mol. The first-order valence-electron chi connectivity index (χ1n) is 8.22. The summed E-state index contributed by atoms with van der Waals surface area (Å²) in [4.78, 5) is 13.1. The highest BCUT2D eigenvalue weighted by molar-refractivity contribution is 6.07. The van der Waals surface area contributed by atoms with E-state index in [1.54, 1.807) is 0 Å². The molecule has 2 heterocycles. The van der Waals surface area contributed by atoms with E-state index in [0.717, 1.165) is 21.8 Å². The number of likely N-dealkylation sites (tertiary alicyclic amines) is 1. The molecule has 1 aromatic heterocycles. The number of amides is 1. The predicted molar refractivity (Wildman–Crippen MR) is 91.5 cm³/mol. The largest absolute Gasteiger partial charge is 0.389 e. The number of aliphatic hydroxyl groups is 1. The molecule has 4 nitrogen and oxygen atoms in total. The normalized spacial score (nSPS) is 19.5. The van der Waals surface area contributed by atoms with Gasteiger partial charge in [-0.05, 0) is 12.1 Å². The molecule has 1 fully saturated rings. The van der Waals surface area contributed by atoms with Crippen LogP contribution in [0.25, 0.3) is 21.8 Å². The van der Waals surface area contributed by atoms with Crippen molar-refractivity contribution >= 4 is 27.7 Å². The Morgan fingerprint density at radius 1 is 1.04 bits per heavy atom. The highest BCUT2D eigenvalue weighted by atomic mass is 19.1. The summed E-state index contributed by atoms with van der Waals surface area (Å²) in [7, 11) is 0. The summed E-state index contributed by atoms with van der Waals surface area (Å²) in [6.07, 6.45) is -1.93. The Morgan fingerprint density at radius 2 is 1.62 bits per heavy atom. The van der Waals surface area contributed by atoms with E-state index in [-0.39, 0.29) is 13.0 Å². The molecule has 1 saturated heterocycles. The SMILES string of the molecule is O=C1[C@@H](F)CCN1CC(O)Cn1c2ccccc2c2ccccc21. The average Bonchev–Trinajstić information content (AvgIpc) is 3.08. The lowest BCUT2D eigenvalue weighted by molar-refractivity contribution is -0.133. The number of halogens is 1. The number of aliphatic hydroxyl groups excluding tert-OH is 1. The summed E-state index contributed by atoms with van der Waals surface area (Å²) < 4.78 is 15.4. The maximum atomic E-state index is 13.3. The third kappa shape index (κ3) is 2.45. The van der Waals surface area contributed by atoms with Crippen molar-refractivity contribution in [3.8, 4) is 0 Å². The van der Waals surface area contributed by atoms with Crippen LogP contribution in [0.3, 0.4) is 0 Å². The quantitative estimate of drug-likeness (QED) is 0.801. The summed E-state index contributed by atoms with van der Waals surface area (Å²) in [5, 5.41) is 12.7. The third-order valence-electron chi connectivity index (χ3n) is 4.74. The molecule has 0 bridgehead atoms. The van der Waals surface area contributed by atoms with Crippen molar-refractivity contribution in [3.63, 3.8) is 0 Å². The molecule has 24 heavy (non-hydrogen) atoms. The topological polar surface area (TPSA) is 45.5 Å². The molecule has 2 atom stereocenters. The molecule has 1 aliphatic heterocycles. The second-order valence-electron chi connectivity index (χ2n) is 6.34. The van der Waals surface area contributed by atoms with Gasteiger partial charge in [-0.2, -0.15) is 0 Å². The molecule has 1 N–H and O–H groups in total. The van der Waals surface area contributed by atoms with Gasteiger partial charge in [0.25, 0.3) is 5.91 Å². The standard InChI is InChI=1S/C19H19FN2O2/c20-16-9-10-21(19(16)24)11-13(23)12-22-17-7-3-1-5-14(17)15-6-2-4-8-18(15)22/h1-8,13,16,23H,9-12H2/t13?,16-/m0/s1. The third-order valence-corrected chi connectivity index (χ3v) is 4.74. The Morgan fingerprint density at radius 3 is 2.17 bits per heavy atom. The van der Waals surface area contributed by atoms with E-state index in [9.17, 15) is 14.3 Å². The highest BCUT2D eigenvalue weighted by Crippen LogP contribution is 2.29. The van der Waals surface area contributed by atoms with Crippen LogP contribution in [0.1, 0.15) is 6.42 Å². The molecule has 124 valence electrons. The lowest BCUT2D eigenvalue weighted by Crippen LogP contribution is -2.37. The molecule has 1 unspecified atom stereocenters. The molecular formula is C19H19FN2O2. The van der Waals surface area contributed by atoms with E-state index < -0.39 is 18.2 Å². The molecule has 2 aromatic carbocycles. The number of β-amino-alcohol motifs (C(OH)–C–C–N with tert-alkyl or cyclic N) is 1. The Hall–Kier alpha value is -2.40. The van der Waals surface area contributed by atoms with Gasteiger partial charge in [-0.3, -0.25) is 4.79 Å². The van der Waals surface area contributed by atoms with Gasteiger partial charge in [-0.25, -0.2) is 4.39 Å². The van der Waals surface area contributed by atoms with Crippen LogP contribution < -0.4 is 0 Å². The molecule has 1 aliphatic rings. The maximum absolute atomic E-state index is 13.3. The fraction of sp³-hybridized carbons (Fsp3) is 0.316. The number of benzene rings is 2. The highest BCUT2D eigenvalue weighted by Gasteiger charge is 2.32. The lowest BCUT2D eigenvalue weighted by Gasteiger charge is -2.21. The van der Waals surface area contributed by atoms with Crippen molar-refractivity contribution in [1.29, 1.82) is 0 Å². The molecular weight excluding hydrogens is 307 g/mol. The van der Waals surface area contributed by atoms with Gasteiger partial charge in [0.1, 0.15) is 0 Å². The van der Waals surface area contributed by atoms with Gasteiger partial charge < -0.3 is 14.6 Å². The minimum absolute atomic E-state index is 0.167. The van der Waals surface area contributed by atoms with Crippen LogP contribution in [0.15, 0.2) is 48.5 Å². The Bertz CT molecular complexity index is 851. The van der Waals surface area contributed by atoms with Crippen LogP contribution in [0.2, 0.25) is 0 Å². The van der Waals surface area contributed by atoms with Crippen molar-refractivity contribution in [2.75, 3.05) is 13.1 Å². The second kappa shape index (κ2) is 5.91. The molecule has 3 aromatic rings. The fourth-order valence-corrected chi connectivity index (χ4v) is 3.61. The van der Waals surface area contributed by atoms with Crippen LogP contribution in [0.5, 0.6) is 0 Å². The first kappa shape index (κ1) is 15.1. The molecule has 0 spiro atoms. The van der Waals surface area contributed by atoms with Crippen molar-refractivity contribution < 1.29 is 14.3 Å². The number of nitrogens with zero attached hydrogens (tertiary/aromatic N) is 2. The van der Waals surface area contributed by atoms with Gasteiger partial charge in [0.2, 0.25) is 0 Å². The van der Waals surface area contributed by atoms with Gasteiger partial charge in [-0.1, -0.05) is 36.4 Å². The zero-order chi connectivity index (χ0) is 16.7. The van der Waals surface area contributed by atoms with E-state index in [1.165, 1.54) is 4.90 Å². The number of hydrogen-bond donors (Lipinski definition) is 1. The first-order chi connectivity index (χ1) is 11.6. The number of carbonyl (C=O) groups is 1. The predicted octanol–water partition coefficient (Wildman–Crippen LogP) is 2.73. The Balaban J connectivity index is 1.65. The van der Waals surface area contributed by atoms with Crippen LogP contribution in [0.4, 0.5) is 4.39 Å². The van der Waals surface area contributed by atoms with Crippen molar-refractivity contribution in [1.82, 2.24) is 9.47 Å². The zero-order valence-corrected chi connectivity index (χ0v) is 13.2. The van der Waals surface area contributed by atoms with Gasteiger partial charge in [0, 0.05) is 41.3 Å². The number of carbonyl (C=O) groups excluding carboxylic acids is 1. The first-order valence-corrected chi connectivity index (χ1v) is 8.22. The summed E-state index contributed by atoms with van der Waals surface area (Å²) in [6, 6.07) is 16.1. The van der Waals surface area contributed by atoms with E-state index in [2.05, 4.69) is 16.7 Å². The number of alkyl halides is 1. The number of hydrogen-bond acceptors (Lipinski definition) is 2. The van der Waals surface area contributed by atoms with Crippen LogP contribution >= 0.6 is 0 Å². The van der Waals surface area contributed by atoms with Crippen molar-refractivity contribution in [3.05, 3.63) is 48.5 Å². The van der Waals surface area contributed by atoms with Crippen LogP contribution in [-0.2, 0) is 11.3 Å². The Labute approximate surface area is 139 Å².